The minimum Gasteiger partial charge on any atom is -0.494 e. The summed E-state index contributed by atoms with van der Waals surface area (Å²) < 4.78 is 10.0. The van der Waals surface area contributed by atoms with Gasteiger partial charge in [0.25, 0.3) is 0 Å². The fourth-order valence-corrected chi connectivity index (χ4v) is 1.82. The third-order valence-electron chi connectivity index (χ3n) is 2.37. The molecule has 94 valence electrons. The van der Waals surface area contributed by atoms with Gasteiger partial charge in [0.1, 0.15) is 16.8 Å². The molecule has 0 aromatic carbocycles. The van der Waals surface area contributed by atoms with Crippen LogP contribution in [0.3, 0.4) is 0 Å². The Hall–Kier alpha value is -1.88. The van der Waals surface area contributed by atoms with E-state index in [1.807, 2.05) is 0 Å². The molecule has 0 amide bonds. The van der Waals surface area contributed by atoms with Gasteiger partial charge in [-0.05, 0) is 6.92 Å². The van der Waals surface area contributed by atoms with E-state index >= 15 is 0 Å². The summed E-state index contributed by atoms with van der Waals surface area (Å²) in [6.07, 6.45) is 2.91. The van der Waals surface area contributed by atoms with E-state index in [0.717, 1.165) is 0 Å². The highest BCUT2D eigenvalue weighted by molar-refractivity contribution is 6.37. The lowest BCUT2D eigenvalue weighted by atomic mass is 10.2. The smallest absolute Gasteiger partial charge is 0.341 e. The van der Waals surface area contributed by atoms with Gasteiger partial charge in [0.15, 0.2) is 0 Å². The second-order valence-electron chi connectivity index (χ2n) is 3.42. The summed E-state index contributed by atoms with van der Waals surface area (Å²) >= 11 is 6.14. The number of fused-ring (bicyclic) bond motifs is 1. The van der Waals surface area contributed by atoms with Crippen LogP contribution in [0.2, 0.25) is 5.02 Å². The molecule has 0 fully saturated rings. The van der Waals surface area contributed by atoms with Crippen LogP contribution >= 0.6 is 11.6 Å². The molecule has 2 aromatic rings. The number of pyridine rings is 2. The molecule has 0 spiro atoms. The number of esters is 1. The Morgan fingerprint density at radius 3 is 2.83 bits per heavy atom. The average molecular weight is 267 g/mol. The van der Waals surface area contributed by atoms with Crippen molar-refractivity contribution in [2.24, 2.45) is 0 Å². The molecule has 0 unspecified atom stereocenters. The van der Waals surface area contributed by atoms with E-state index in [1.54, 1.807) is 19.2 Å². The predicted molar refractivity (Wildman–Crippen MR) is 67.1 cm³/mol. The number of hydrogen-bond acceptors (Lipinski definition) is 5. The number of hydrogen-bond donors (Lipinski definition) is 0. The molecule has 2 heterocycles. The second kappa shape index (κ2) is 5.18. The molecular formula is C12H11ClN2O3. The van der Waals surface area contributed by atoms with Gasteiger partial charge in [0.05, 0.1) is 24.3 Å². The van der Waals surface area contributed by atoms with Gasteiger partial charge in [0.2, 0.25) is 0 Å². The van der Waals surface area contributed by atoms with Crippen molar-refractivity contribution in [3.05, 3.63) is 29.0 Å². The van der Waals surface area contributed by atoms with Crippen LogP contribution in [0.5, 0.6) is 5.75 Å². The molecule has 0 saturated carbocycles. The van der Waals surface area contributed by atoms with Gasteiger partial charge >= 0.3 is 5.97 Å². The van der Waals surface area contributed by atoms with Gasteiger partial charge in [-0.25, -0.2) is 9.78 Å². The van der Waals surface area contributed by atoms with Crippen molar-refractivity contribution in [1.82, 2.24) is 9.97 Å². The fourth-order valence-electron chi connectivity index (χ4n) is 1.55. The van der Waals surface area contributed by atoms with Crippen molar-refractivity contribution >= 4 is 28.6 Å². The lowest BCUT2D eigenvalue weighted by molar-refractivity contribution is 0.0526. The lowest BCUT2D eigenvalue weighted by Crippen LogP contribution is -2.06. The molecule has 0 aliphatic carbocycles. The molecule has 0 radical (unpaired) electrons. The molecule has 0 atom stereocenters. The van der Waals surface area contributed by atoms with Crippen molar-refractivity contribution in [3.8, 4) is 5.75 Å². The van der Waals surface area contributed by atoms with Crippen molar-refractivity contribution in [1.29, 1.82) is 0 Å². The van der Waals surface area contributed by atoms with Gasteiger partial charge in [-0.15, -0.1) is 0 Å². The molecule has 5 nitrogen and oxygen atoms in total. The topological polar surface area (TPSA) is 61.3 Å². The summed E-state index contributed by atoms with van der Waals surface area (Å²) in [5.41, 5.74) is 1.13. The van der Waals surface area contributed by atoms with E-state index < -0.39 is 5.97 Å². The minimum absolute atomic E-state index is 0.201. The number of rotatable bonds is 3. The van der Waals surface area contributed by atoms with E-state index in [-0.39, 0.29) is 17.2 Å². The summed E-state index contributed by atoms with van der Waals surface area (Å²) in [5, 5.41) is 0.220. The highest BCUT2D eigenvalue weighted by atomic mass is 35.5. The van der Waals surface area contributed by atoms with E-state index in [2.05, 4.69) is 9.97 Å². The Balaban J connectivity index is 2.61. The molecule has 0 aliphatic rings. The van der Waals surface area contributed by atoms with E-state index in [4.69, 9.17) is 21.1 Å². The monoisotopic (exact) mass is 266 g/mol. The number of nitrogens with zero attached hydrogens (tertiary/aromatic N) is 2. The Morgan fingerprint density at radius 2 is 2.17 bits per heavy atom. The maximum Gasteiger partial charge on any atom is 0.341 e. The first-order chi connectivity index (χ1) is 8.69. The summed E-state index contributed by atoms with van der Waals surface area (Å²) in [6.45, 7) is 2.00. The number of aromatic nitrogens is 2. The fraction of sp³-hybridized carbons (Fsp3) is 0.250. The van der Waals surface area contributed by atoms with Gasteiger partial charge in [-0.2, -0.15) is 0 Å². The second-order valence-corrected chi connectivity index (χ2v) is 3.79. The highest BCUT2D eigenvalue weighted by Gasteiger charge is 2.17. The molecule has 18 heavy (non-hydrogen) atoms. The predicted octanol–water partition coefficient (Wildman–Crippen LogP) is 2.47. The number of carbonyl (C=O) groups is 1. The third-order valence-corrected chi connectivity index (χ3v) is 2.75. The van der Waals surface area contributed by atoms with Gasteiger partial charge in [-0.3, -0.25) is 4.98 Å². The van der Waals surface area contributed by atoms with E-state index in [0.29, 0.717) is 16.8 Å². The molecule has 2 rings (SSSR count). The molecule has 0 aliphatic heterocycles. The SMILES string of the molecule is CCOC(=O)c1cnc2c(OC)ccnc2c1Cl. The van der Waals surface area contributed by atoms with Crippen LogP contribution in [0.4, 0.5) is 0 Å². The van der Waals surface area contributed by atoms with Crippen LogP contribution in [-0.4, -0.2) is 29.7 Å². The van der Waals surface area contributed by atoms with Crippen LogP contribution in [0.15, 0.2) is 18.5 Å². The van der Waals surface area contributed by atoms with Crippen molar-refractivity contribution in [2.45, 2.75) is 6.92 Å². The Labute approximate surface area is 109 Å². The third kappa shape index (κ3) is 2.09. The van der Waals surface area contributed by atoms with Crippen LogP contribution in [0.1, 0.15) is 17.3 Å². The number of carbonyl (C=O) groups excluding carboxylic acids is 1. The standard InChI is InChI=1S/C12H11ClN2O3/c1-3-18-12(16)7-6-15-10-8(17-2)4-5-14-11(10)9(7)13/h4-6H,3H2,1-2H3. The van der Waals surface area contributed by atoms with Crippen LogP contribution in [0, 0.1) is 0 Å². The van der Waals surface area contributed by atoms with Gasteiger partial charge in [0, 0.05) is 18.5 Å². The van der Waals surface area contributed by atoms with Crippen molar-refractivity contribution < 1.29 is 14.3 Å². The zero-order valence-corrected chi connectivity index (χ0v) is 10.7. The quantitative estimate of drug-likeness (QED) is 0.799. The van der Waals surface area contributed by atoms with Gasteiger partial charge in [-0.1, -0.05) is 11.6 Å². The largest absolute Gasteiger partial charge is 0.494 e. The molecular weight excluding hydrogens is 256 g/mol. The van der Waals surface area contributed by atoms with E-state index in [9.17, 15) is 4.79 Å². The van der Waals surface area contributed by atoms with Crippen LogP contribution in [0.25, 0.3) is 11.0 Å². The maximum atomic E-state index is 11.7. The number of ether oxygens (including phenoxy) is 2. The zero-order chi connectivity index (χ0) is 13.1. The molecule has 0 N–H and O–H groups in total. The summed E-state index contributed by atoms with van der Waals surface area (Å²) in [7, 11) is 1.53. The molecule has 6 heteroatoms. The first kappa shape index (κ1) is 12.6. The maximum absolute atomic E-state index is 11.7. The van der Waals surface area contributed by atoms with E-state index in [1.165, 1.54) is 13.3 Å². The molecule has 0 bridgehead atoms. The lowest BCUT2D eigenvalue weighted by Gasteiger charge is -2.08. The Bertz CT molecular complexity index is 601. The highest BCUT2D eigenvalue weighted by Crippen LogP contribution is 2.29. The zero-order valence-electron chi connectivity index (χ0n) is 9.94. The molecule has 0 saturated heterocycles. The Kier molecular flexibility index (Phi) is 3.62. The average Bonchev–Trinajstić information content (AvgIpc) is 2.39. The van der Waals surface area contributed by atoms with Crippen LogP contribution < -0.4 is 4.74 Å². The summed E-state index contributed by atoms with van der Waals surface area (Å²) in [4.78, 5) is 19.9. The van der Waals surface area contributed by atoms with Crippen molar-refractivity contribution in [2.75, 3.05) is 13.7 Å². The Morgan fingerprint density at radius 1 is 1.39 bits per heavy atom. The van der Waals surface area contributed by atoms with Crippen LogP contribution in [-0.2, 0) is 4.74 Å². The first-order valence-corrected chi connectivity index (χ1v) is 5.71. The number of methoxy groups -OCH3 is 1. The summed E-state index contributed by atoms with van der Waals surface area (Å²) in [5.74, 6) is 0.0406. The minimum atomic E-state index is -0.512. The first-order valence-electron chi connectivity index (χ1n) is 5.33. The molecule has 2 aromatic heterocycles. The normalized spacial score (nSPS) is 10.4. The van der Waals surface area contributed by atoms with Gasteiger partial charge < -0.3 is 9.47 Å². The number of halogens is 1. The van der Waals surface area contributed by atoms with Crippen molar-refractivity contribution in [3.63, 3.8) is 0 Å². The summed E-state index contributed by atoms with van der Waals surface area (Å²) in [6, 6.07) is 1.68.